The summed E-state index contributed by atoms with van der Waals surface area (Å²) in [7, 11) is 0. The normalized spacial score (nSPS) is 53.8. The Hall–Kier alpha value is -0.530. The highest BCUT2D eigenvalue weighted by molar-refractivity contribution is 5.75. The summed E-state index contributed by atoms with van der Waals surface area (Å²) in [5.41, 5.74) is 0.241. The zero-order valence-corrected chi connectivity index (χ0v) is 7.00. The van der Waals surface area contributed by atoms with Crippen LogP contribution in [-0.2, 0) is 4.79 Å². The van der Waals surface area contributed by atoms with Crippen molar-refractivity contribution < 1.29 is 9.90 Å². The minimum absolute atomic E-state index is 0.00583. The van der Waals surface area contributed by atoms with Crippen molar-refractivity contribution in [2.45, 2.75) is 26.7 Å². The molecule has 0 radical (unpaired) electrons. The van der Waals surface area contributed by atoms with Gasteiger partial charge in [-0.15, -0.1) is 0 Å². The van der Waals surface area contributed by atoms with Crippen molar-refractivity contribution in [3.8, 4) is 0 Å². The highest BCUT2D eigenvalue weighted by Crippen LogP contribution is 2.70. The molecular weight excluding hydrogens is 140 g/mol. The number of carbonyl (C=O) groups is 1. The SMILES string of the molecule is CC1CC2(CC2C(=O)O)C1C. The van der Waals surface area contributed by atoms with Crippen molar-refractivity contribution in [3.63, 3.8) is 0 Å². The van der Waals surface area contributed by atoms with Crippen molar-refractivity contribution >= 4 is 5.97 Å². The molecular formula is C9H14O2. The lowest BCUT2D eigenvalue weighted by Crippen LogP contribution is -2.37. The predicted octanol–water partition coefficient (Wildman–Crippen LogP) is 1.75. The summed E-state index contributed by atoms with van der Waals surface area (Å²) in [6.45, 7) is 4.41. The summed E-state index contributed by atoms with van der Waals surface area (Å²) >= 11 is 0. The van der Waals surface area contributed by atoms with E-state index in [4.69, 9.17) is 5.11 Å². The third-order valence-electron chi connectivity index (χ3n) is 3.88. The fourth-order valence-electron chi connectivity index (χ4n) is 2.75. The van der Waals surface area contributed by atoms with Crippen LogP contribution >= 0.6 is 0 Å². The Morgan fingerprint density at radius 3 is 2.36 bits per heavy atom. The summed E-state index contributed by atoms with van der Waals surface area (Å²) in [5.74, 6) is 0.806. The van der Waals surface area contributed by atoms with Crippen LogP contribution in [0.3, 0.4) is 0 Å². The van der Waals surface area contributed by atoms with Crippen molar-refractivity contribution in [1.82, 2.24) is 0 Å². The Morgan fingerprint density at radius 2 is 2.09 bits per heavy atom. The average Bonchev–Trinajstić information content (AvgIpc) is 2.66. The van der Waals surface area contributed by atoms with Gasteiger partial charge >= 0.3 is 5.97 Å². The topological polar surface area (TPSA) is 37.3 Å². The quantitative estimate of drug-likeness (QED) is 0.624. The second-order valence-electron chi connectivity index (χ2n) is 4.30. The van der Waals surface area contributed by atoms with Crippen molar-refractivity contribution in [2.24, 2.45) is 23.2 Å². The minimum atomic E-state index is -0.580. The lowest BCUT2D eigenvalue weighted by Gasteiger charge is -2.42. The van der Waals surface area contributed by atoms with Crippen LogP contribution in [0, 0.1) is 23.2 Å². The van der Waals surface area contributed by atoms with Gasteiger partial charge in [0.25, 0.3) is 0 Å². The van der Waals surface area contributed by atoms with E-state index in [1.165, 1.54) is 0 Å². The first-order valence-electron chi connectivity index (χ1n) is 4.31. The minimum Gasteiger partial charge on any atom is -0.481 e. The van der Waals surface area contributed by atoms with Crippen LogP contribution < -0.4 is 0 Å². The molecule has 2 heteroatoms. The molecule has 2 aliphatic carbocycles. The van der Waals surface area contributed by atoms with Crippen LogP contribution in [-0.4, -0.2) is 11.1 Å². The van der Waals surface area contributed by atoms with Crippen molar-refractivity contribution in [2.75, 3.05) is 0 Å². The molecule has 0 bridgehead atoms. The van der Waals surface area contributed by atoms with Gasteiger partial charge in [-0.1, -0.05) is 13.8 Å². The Balaban J connectivity index is 2.04. The Labute approximate surface area is 66.6 Å². The molecule has 4 unspecified atom stereocenters. The fourth-order valence-corrected chi connectivity index (χ4v) is 2.75. The highest BCUT2D eigenvalue weighted by atomic mass is 16.4. The molecule has 0 amide bonds. The van der Waals surface area contributed by atoms with Gasteiger partial charge in [0, 0.05) is 0 Å². The summed E-state index contributed by atoms with van der Waals surface area (Å²) in [5, 5.41) is 8.76. The third-order valence-corrected chi connectivity index (χ3v) is 3.88. The summed E-state index contributed by atoms with van der Waals surface area (Å²) in [6, 6.07) is 0. The number of carboxylic acid groups (broad SMARTS) is 1. The van der Waals surface area contributed by atoms with Gasteiger partial charge in [0.05, 0.1) is 5.92 Å². The largest absolute Gasteiger partial charge is 0.481 e. The molecule has 1 N–H and O–H groups in total. The molecule has 2 saturated carbocycles. The number of aliphatic carboxylic acids is 1. The molecule has 11 heavy (non-hydrogen) atoms. The standard InChI is InChI=1S/C9H14O2/c1-5-3-9(6(5)2)4-7(9)8(10)11/h5-7H,3-4H2,1-2H3,(H,10,11). The van der Waals surface area contributed by atoms with Crippen LogP contribution in [0.4, 0.5) is 0 Å². The van der Waals surface area contributed by atoms with Crippen molar-refractivity contribution in [3.05, 3.63) is 0 Å². The second kappa shape index (κ2) is 1.79. The molecule has 2 rings (SSSR count). The first-order chi connectivity index (χ1) is 5.08. The van der Waals surface area contributed by atoms with E-state index in [0.717, 1.165) is 18.8 Å². The number of hydrogen-bond donors (Lipinski definition) is 1. The smallest absolute Gasteiger partial charge is 0.307 e. The zero-order chi connectivity index (χ0) is 8.22. The van der Waals surface area contributed by atoms with Gasteiger partial charge in [0.2, 0.25) is 0 Å². The van der Waals surface area contributed by atoms with Gasteiger partial charge in [-0.3, -0.25) is 4.79 Å². The maximum Gasteiger partial charge on any atom is 0.307 e. The molecule has 0 saturated heterocycles. The van der Waals surface area contributed by atoms with Gasteiger partial charge in [-0.05, 0) is 30.1 Å². The van der Waals surface area contributed by atoms with Crippen molar-refractivity contribution in [1.29, 1.82) is 0 Å². The maximum atomic E-state index is 10.6. The van der Waals surface area contributed by atoms with Crippen LogP contribution in [0.2, 0.25) is 0 Å². The molecule has 0 heterocycles. The zero-order valence-electron chi connectivity index (χ0n) is 7.00. The molecule has 0 aromatic heterocycles. The molecule has 0 aromatic rings. The Bertz CT molecular complexity index is 212. The predicted molar refractivity (Wildman–Crippen MR) is 41.1 cm³/mol. The Kier molecular flexibility index (Phi) is 1.16. The van der Waals surface area contributed by atoms with E-state index in [-0.39, 0.29) is 11.3 Å². The fraction of sp³-hybridized carbons (Fsp3) is 0.889. The van der Waals surface area contributed by atoms with Crippen LogP contribution in [0.25, 0.3) is 0 Å². The monoisotopic (exact) mass is 154 g/mol. The van der Waals surface area contributed by atoms with Gasteiger partial charge in [0.15, 0.2) is 0 Å². The van der Waals surface area contributed by atoms with Gasteiger partial charge in [-0.25, -0.2) is 0 Å². The van der Waals surface area contributed by atoms with E-state index < -0.39 is 5.97 Å². The van der Waals surface area contributed by atoms with E-state index in [9.17, 15) is 4.79 Å². The van der Waals surface area contributed by atoms with Crippen LogP contribution in [0.1, 0.15) is 26.7 Å². The highest BCUT2D eigenvalue weighted by Gasteiger charge is 2.67. The molecule has 0 aliphatic heterocycles. The maximum absolute atomic E-state index is 10.6. The first kappa shape index (κ1) is 7.14. The Morgan fingerprint density at radius 1 is 1.45 bits per heavy atom. The van der Waals surface area contributed by atoms with Gasteiger partial charge in [-0.2, -0.15) is 0 Å². The molecule has 2 nitrogen and oxygen atoms in total. The molecule has 0 aromatic carbocycles. The first-order valence-corrected chi connectivity index (χ1v) is 4.31. The average molecular weight is 154 g/mol. The third kappa shape index (κ3) is 0.700. The number of hydrogen-bond acceptors (Lipinski definition) is 1. The van der Waals surface area contributed by atoms with Gasteiger partial charge < -0.3 is 5.11 Å². The van der Waals surface area contributed by atoms with E-state index in [1.807, 2.05) is 0 Å². The summed E-state index contributed by atoms with van der Waals surface area (Å²) < 4.78 is 0. The van der Waals surface area contributed by atoms with Crippen LogP contribution in [0.15, 0.2) is 0 Å². The van der Waals surface area contributed by atoms with Gasteiger partial charge in [0.1, 0.15) is 0 Å². The van der Waals surface area contributed by atoms with E-state index in [2.05, 4.69) is 13.8 Å². The van der Waals surface area contributed by atoms with E-state index >= 15 is 0 Å². The summed E-state index contributed by atoms with van der Waals surface area (Å²) in [6.07, 6.45) is 2.08. The lowest BCUT2D eigenvalue weighted by molar-refractivity contribution is -0.141. The molecule has 2 fully saturated rings. The molecule has 2 aliphatic rings. The summed E-state index contributed by atoms with van der Waals surface area (Å²) in [4.78, 5) is 10.6. The molecule has 62 valence electrons. The van der Waals surface area contributed by atoms with E-state index in [1.54, 1.807) is 0 Å². The molecule has 1 spiro atoms. The number of carboxylic acids is 1. The number of rotatable bonds is 1. The van der Waals surface area contributed by atoms with E-state index in [0.29, 0.717) is 5.92 Å². The second-order valence-corrected chi connectivity index (χ2v) is 4.30. The van der Waals surface area contributed by atoms with Crippen LogP contribution in [0.5, 0.6) is 0 Å². The molecule has 4 atom stereocenters. The lowest BCUT2D eigenvalue weighted by atomic mass is 9.62.